The maximum Gasteiger partial charge on any atom is 0.348 e. The van der Waals surface area contributed by atoms with Gasteiger partial charge in [-0.2, -0.15) is 0 Å². The predicted molar refractivity (Wildman–Crippen MR) is 165 cm³/mol. The molecule has 10 nitrogen and oxygen atoms in total. The van der Waals surface area contributed by atoms with E-state index in [1.807, 2.05) is 23.6 Å². The Kier molecular flexibility index (Phi) is 11.3. The summed E-state index contributed by atoms with van der Waals surface area (Å²) in [6, 6.07) is 7.98. The van der Waals surface area contributed by atoms with E-state index in [-0.39, 0.29) is 45.7 Å². The van der Waals surface area contributed by atoms with E-state index in [9.17, 15) is 14.4 Å². The fourth-order valence-corrected chi connectivity index (χ4v) is 5.89. The van der Waals surface area contributed by atoms with Crippen LogP contribution in [-0.4, -0.2) is 51.6 Å². The minimum Gasteiger partial charge on any atom is -0.483 e. The largest absolute Gasteiger partial charge is 0.483 e. The summed E-state index contributed by atoms with van der Waals surface area (Å²) >= 11 is 2.17. The normalized spacial score (nSPS) is 12.0. The lowest BCUT2D eigenvalue weighted by molar-refractivity contribution is -0.113. The highest BCUT2D eigenvalue weighted by molar-refractivity contribution is 7.99. The molecule has 0 spiro atoms. The molecular weight excluding hydrogens is 576 g/mol. The number of thioether (sulfide) groups is 1. The standard InChI is InChI=1S/C30H38N4O6S2/c1-9-16-34-25(19(5)40-21-14-12-20(13-15-21)30(6,7)8)32-33-29(34)41-17-22(35)31-26-23(27(36)38-10-2)18(4)24(42-26)28(37)39-11-3/h9,12-15,19H,1,10-11,16-17H2,2-8H3,(H,31,35). The third-order valence-corrected chi connectivity index (χ3v) is 8.28. The second kappa shape index (κ2) is 14.5. The molecule has 2 aromatic heterocycles. The SMILES string of the molecule is C=CCn1c(SCC(=O)Nc2sc(C(=O)OCC)c(C)c2C(=O)OCC)nnc1C(C)Oc1ccc(C(C)(C)C)cc1. The molecule has 0 radical (unpaired) electrons. The third kappa shape index (κ3) is 8.01. The molecule has 0 aliphatic carbocycles. The van der Waals surface area contributed by atoms with Crippen LogP contribution in [0.1, 0.15) is 84.6 Å². The Balaban J connectivity index is 1.74. The van der Waals surface area contributed by atoms with Crippen molar-refractivity contribution >= 4 is 45.9 Å². The molecule has 0 aliphatic rings. The predicted octanol–water partition coefficient (Wildman–Crippen LogP) is 6.36. The Hall–Kier alpha value is -3.64. The van der Waals surface area contributed by atoms with Gasteiger partial charge in [0.25, 0.3) is 0 Å². The number of benzene rings is 1. The first-order valence-corrected chi connectivity index (χ1v) is 15.4. The van der Waals surface area contributed by atoms with Gasteiger partial charge in [-0.3, -0.25) is 9.36 Å². The number of esters is 2. The highest BCUT2D eigenvalue weighted by atomic mass is 32.2. The monoisotopic (exact) mass is 614 g/mol. The molecule has 1 aromatic carbocycles. The van der Waals surface area contributed by atoms with Crippen LogP contribution in [0.2, 0.25) is 0 Å². The van der Waals surface area contributed by atoms with E-state index in [1.54, 1.807) is 26.8 Å². The summed E-state index contributed by atoms with van der Waals surface area (Å²) in [6.07, 6.45) is 1.31. The molecule has 12 heteroatoms. The summed E-state index contributed by atoms with van der Waals surface area (Å²) in [4.78, 5) is 38.3. The third-order valence-electron chi connectivity index (χ3n) is 6.13. The lowest BCUT2D eigenvalue weighted by Gasteiger charge is -2.20. The Morgan fingerprint density at radius 3 is 2.33 bits per heavy atom. The Morgan fingerprint density at radius 2 is 1.74 bits per heavy atom. The van der Waals surface area contributed by atoms with Gasteiger partial charge in [-0.1, -0.05) is 50.7 Å². The van der Waals surface area contributed by atoms with Gasteiger partial charge < -0.3 is 19.5 Å². The summed E-state index contributed by atoms with van der Waals surface area (Å²) < 4.78 is 18.3. The second-order valence-electron chi connectivity index (χ2n) is 10.3. The van der Waals surface area contributed by atoms with E-state index in [2.05, 4.69) is 55.0 Å². The van der Waals surface area contributed by atoms with Gasteiger partial charge in [-0.05, 0) is 56.4 Å². The number of hydrogen-bond donors (Lipinski definition) is 1. The lowest BCUT2D eigenvalue weighted by Crippen LogP contribution is -2.17. The molecule has 0 bridgehead atoms. The van der Waals surface area contributed by atoms with Crippen LogP contribution >= 0.6 is 23.1 Å². The number of hydrogen-bond acceptors (Lipinski definition) is 10. The van der Waals surface area contributed by atoms with Crippen molar-refractivity contribution in [1.82, 2.24) is 14.8 Å². The fourth-order valence-electron chi connectivity index (χ4n) is 4.03. The number of aromatic nitrogens is 3. The number of ether oxygens (including phenoxy) is 3. The number of nitrogens with one attached hydrogen (secondary N) is 1. The molecule has 1 atom stereocenters. The average Bonchev–Trinajstić information content (AvgIpc) is 3.48. The van der Waals surface area contributed by atoms with Gasteiger partial charge in [0, 0.05) is 6.54 Å². The molecule has 1 N–H and O–H groups in total. The van der Waals surface area contributed by atoms with E-state index in [0.29, 0.717) is 28.8 Å². The van der Waals surface area contributed by atoms with Gasteiger partial charge in [0.2, 0.25) is 5.91 Å². The van der Waals surface area contributed by atoms with Gasteiger partial charge in [0.05, 0.1) is 24.5 Å². The number of nitrogens with zero attached hydrogens (tertiary/aromatic N) is 3. The maximum atomic E-state index is 13.0. The minimum atomic E-state index is -0.623. The summed E-state index contributed by atoms with van der Waals surface area (Å²) in [7, 11) is 0. The first kappa shape index (κ1) is 32.9. The van der Waals surface area contributed by atoms with Gasteiger partial charge in [0.15, 0.2) is 17.1 Å². The molecule has 0 aliphatic heterocycles. The first-order chi connectivity index (χ1) is 19.9. The zero-order valence-electron chi connectivity index (χ0n) is 25.1. The van der Waals surface area contributed by atoms with Crippen molar-refractivity contribution < 1.29 is 28.6 Å². The highest BCUT2D eigenvalue weighted by Gasteiger charge is 2.28. The van der Waals surface area contributed by atoms with E-state index >= 15 is 0 Å². The van der Waals surface area contributed by atoms with Crippen LogP contribution in [-0.2, 0) is 26.2 Å². The maximum absolute atomic E-state index is 13.0. The molecule has 1 amide bonds. The van der Waals surface area contributed by atoms with E-state index < -0.39 is 18.0 Å². The van der Waals surface area contributed by atoms with Crippen LogP contribution in [0.3, 0.4) is 0 Å². The van der Waals surface area contributed by atoms with Crippen LogP contribution in [0.25, 0.3) is 0 Å². The molecule has 226 valence electrons. The quantitative estimate of drug-likeness (QED) is 0.133. The molecule has 3 rings (SSSR count). The zero-order valence-corrected chi connectivity index (χ0v) is 26.7. The molecule has 3 aromatic rings. The number of carbonyl (C=O) groups excluding carboxylic acids is 3. The average molecular weight is 615 g/mol. The Labute approximate surface area is 254 Å². The fraction of sp³-hybridized carbons (Fsp3) is 0.433. The van der Waals surface area contributed by atoms with Crippen molar-refractivity contribution in [1.29, 1.82) is 0 Å². The van der Waals surface area contributed by atoms with Crippen molar-refractivity contribution in [2.24, 2.45) is 0 Å². The Bertz CT molecular complexity index is 1420. The molecule has 2 heterocycles. The van der Waals surface area contributed by atoms with Gasteiger partial charge in [-0.25, -0.2) is 9.59 Å². The lowest BCUT2D eigenvalue weighted by atomic mass is 9.87. The molecular formula is C30H38N4O6S2. The van der Waals surface area contributed by atoms with Crippen molar-refractivity contribution in [3.05, 3.63) is 64.3 Å². The number of amides is 1. The molecule has 1 unspecified atom stereocenters. The summed E-state index contributed by atoms with van der Waals surface area (Å²) in [5.41, 5.74) is 1.79. The number of anilines is 1. The molecule has 0 saturated carbocycles. The molecule has 0 fully saturated rings. The van der Waals surface area contributed by atoms with Crippen LogP contribution in [0, 0.1) is 6.92 Å². The van der Waals surface area contributed by atoms with Crippen molar-refractivity contribution in [2.45, 2.75) is 71.7 Å². The summed E-state index contributed by atoms with van der Waals surface area (Å²) in [5, 5.41) is 12.1. The van der Waals surface area contributed by atoms with Gasteiger partial charge >= 0.3 is 11.9 Å². The van der Waals surface area contributed by atoms with Gasteiger partial charge in [-0.15, -0.1) is 28.1 Å². The number of allylic oxidation sites excluding steroid dienone is 1. The van der Waals surface area contributed by atoms with Crippen LogP contribution in [0.4, 0.5) is 5.00 Å². The van der Waals surface area contributed by atoms with E-state index in [0.717, 1.165) is 11.3 Å². The summed E-state index contributed by atoms with van der Waals surface area (Å²) in [5.74, 6) is -0.292. The number of carbonyl (C=O) groups is 3. The topological polar surface area (TPSA) is 122 Å². The van der Waals surface area contributed by atoms with Crippen molar-refractivity contribution in [3.63, 3.8) is 0 Å². The summed E-state index contributed by atoms with van der Waals surface area (Å²) in [6.45, 7) is 18.0. The molecule has 42 heavy (non-hydrogen) atoms. The van der Waals surface area contributed by atoms with Crippen LogP contribution < -0.4 is 10.1 Å². The second-order valence-corrected chi connectivity index (χ2v) is 12.3. The Morgan fingerprint density at radius 1 is 1.10 bits per heavy atom. The van der Waals surface area contributed by atoms with Crippen molar-refractivity contribution in [3.8, 4) is 5.75 Å². The van der Waals surface area contributed by atoms with Crippen molar-refractivity contribution in [2.75, 3.05) is 24.3 Å². The van der Waals surface area contributed by atoms with E-state index in [4.69, 9.17) is 14.2 Å². The zero-order chi connectivity index (χ0) is 31.0. The van der Waals surface area contributed by atoms with E-state index in [1.165, 1.54) is 17.3 Å². The number of rotatable bonds is 13. The first-order valence-electron chi connectivity index (χ1n) is 13.6. The smallest absolute Gasteiger partial charge is 0.348 e. The number of thiophene rings is 1. The van der Waals surface area contributed by atoms with Crippen LogP contribution in [0.15, 0.2) is 42.1 Å². The van der Waals surface area contributed by atoms with Gasteiger partial charge in [0.1, 0.15) is 15.6 Å². The highest BCUT2D eigenvalue weighted by Crippen LogP contribution is 2.35. The molecule has 0 saturated heterocycles. The minimum absolute atomic E-state index is 0.0211. The van der Waals surface area contributed by atoms with Crippen LogP contribution in [0.5, 0.6) is 5.75 Å².